The van der Waals surface area contributed by atoms with Crippen LogP contribution in [0.5, 0.6) is 0 Å². The number of ether oxygens (including phenoxy) is 3. The highest BCUT2D eigenvalue weighted by atomic mass is 35.5. The van der Waals surface area contributed by atoms with Crippen LogP contribution in [0, 0.1) is 0 Å². The molecule has 0 spiro atoms. The maximum Gasteiger partial charge on any atom is 0.376 e. The van der Waals surface area contributed by atoms with E-state index in [0.717, 1.165) is 6.26 Å². The van der Waals surface area contributed by atoms with Gasteiger partial charge in [0.15, 0.2) is 6.10 Å². The standard InChI is InChI=1S/C18H14Cl4N2O4/c1-26-9-16(18(25)27-2)28-15-4-3-11(19)5-10(15)8-23-24-17-13(21)6-12(20)7-14(17)22/h3-7,9,15,24H,1-2H3/b16-9+. The monoisotopic (exact) mass is 462 g/mol. The summed E-state index contributed by atoms with van der Waals surface area (Å²) in [4.78, 5) is 11.8. The molecule has 1 aromatic rings. The Labute approximate surface area is 181 Å². The second kappa shape index (κ2) is 10.5. The summed E-state index contributed by atoms with van der Waals surface area (Å²) in [6.07, 6.45) is 5.21. The zero-order chi connectivity index (χ0) is 20.7. The van der Waals surface area contributed by atoms with Crippen LogP contribution in [0.2, 0.25) is 15.1 Å². The predicted molar refractivity (Wildman–Crippen MR) is 111 cm³/mol. The third-order valence-electron chi connectivity index (χ3n) is 3.26. The lowest BCUT2D eigenvalue weighted by Gasteiger charge is -2.18. The third-order valence-corrected chi connectivity index (χ3v) is 4.30. The first kappa shape index (κ1) is 22.2. The largest absolute Gasteiger partial charge is 0.500 e. The molecule has 0 saturated carbocycles. The topological polar surface area (TPSA) is 69.2 Å². The van der Waals surface area contributed by atoms with E-state index in [-0.39, 0.29) is 15.8 Å². The average molecular weight is 464 g/mol. The maximum absolute atomic E-state index is 11.8. The Bertz CT molecular complexity index is 895. The molecule has 0 fully saturated rings. The molecule has 0 heterocycles. The molecule has 1 unspecified atom stereocenters. The van der Waals surface area contributed by atoms with E-state index in [1.54, 1.807) is 18.2 Å². The summed E-state index contributed by atoms with van der Waals surface area (Å²) in [7, 11) is 2.60. The van der Waals surface area contributed by atoms with Crippen LogP contribution in [0.4, 0.5) is 5.69 Å². The summed E-state index contributed by atoms with van der Waals surface area (Å²) < 4.78 is 15.1. The summed E-state index contributed by atoms with van der Waals surface area (Å²) >= 11 is 24.1. The fourth-order valence-electron chi connectivity index (χ4n) is 2.03. The van der Waals surface area contributed by atoms with Crippen LogP contribution in [0.25, 0.3) is 0 Å². The van der Waals surface area contributed by atoms with Crippen LogP contribution >= 0.6 is 46.4 Å². The Hall–Kier alpha value is -2.08. The van der Waals surface area contributed by atoms with Crippen molar-refractivity contribution in [3.05, 3.63) is 68.1 Å². The van der Waals surface area contributed by atoms with Crippen molar-refractivity contribution in [3.8, 4) is 0 Å². The number of anilines is 1. The van der Waals surface area contributed by atoms with Crippen molar-refractivity contribution in [2.24, 2.45) is 5.10 Å². The molecule has 1 atom stereocenters. The first-order chi connectivity index (χ1) is 13.3. The van der Waals surface area contributed by atoms with E-state index in [0.29, 0.717) is 21.3 Å². The number of carbonyl (C=O) groups is 1. The lowest BCUT2D eigenvalue weighted by Crippen LogP contribution is -2.19. The van der Waals surface area contributed by atoms with E-state index < -0.39 is 12.1 Å². The van der Waals surface area contributed by atoms with Crippen LogP contribution in [-0.2, 0) is 19.0 Å². The second-order valence-corrected chi connectivity index (χ2v) is 6.86. The number of carbonyl (C=O) groups excluding carboxylic acids is 1. The molecular formula is C18H14Cl4N2O4. The normalized spacial score (nSPS) is 16.1. The van der Waals surface area contributed by atoms with Gasteiger partial charge in [-0.1, -0.05) is 46.4 Å². The van der Waals surface area contributed by atoms with Gasteiger partial charge in [-0.2, -0.15) is 0 Å². The average Bonchev–Trinajstić information content (AvgIpc) is 2.64. The summed E-state index contributed by atoms with van der Waals surface area (Å²) in [6, 6.07) is 3.04. The molecule has 0 aliphatic heterocycles. The highest BCUT2D eigenvalue weighted by Crippen LogP contribution is 2.33. The van der Waals surface area contributed by atoms with Crippen LogP contribution in [0.3, 0.4) is 0 Å². The fraction of sp³-hybridized carbons (Fsp3) is 0.167. The maximum atomic E-state index is 11.8. The van der Waals surface area contributed by atoms with Crippen LogP contribution in [0.15, 0.2) is 58.1 Å². The van der Waals surface area contributed by atoms with E-state index in [2.05, 4.69) is 21.1 Å². The predicted octanol–water partition coefficient (Wildman–Crippen LogP) is 5.31. The minimum Gasteiger partial charge on any atom is -0.500 e. The first-order valence-electron chi connectivity index (χ1n) is 7.62. The van der Waals surface area contributed by atoms with Gasteiger partial charge in [-0.3, -0.25) is 5.43 Å². The van der Waals surface area contributed by atoms with Crippen LogP contribution < -0.4 is 5.43 Å². The molecule has 148 valence electrons. The molecule has 0 saturated heterocycles. The molecule has 28 heavy (non-hydrogen) atoms. The van der Waals surface area contributed by atoms with Crippen molar-refractivity contribution >= 4 is 63.9 Å². The summed E-state index contributed by atoms with van der Waals surface area (Å²) in [5.74, 6) is 1.91. The van der Waals surface area contributed by atoms with E-state index >= 15 is 0 Å². The Kier molecular flexibility index (Phi) is 8.30. The number of allylic oxidation sites excluding steroid dienone is 2. The Balaban J connectivity index is 2.29. The Morgan fingerprint density at radius 2 is 1.89 bits per heavy atom. The number of esters is 1. The van der Waals surface area contributed by atoms with Gasteiger partial charge in [0.1, 0.15) is 6.26 Å². The van der Waals surface area contributed by atoms with Crippen molar-refractivity contribution in [2.75, 3.05) is 19.6 Å². The molecule has 6 nitrogen and oxygen atoms in total. The van der Waals surface area contributed by atoms with Gasteiger partial charge < -0.3 is 14.2 Å². The summed E-state index contributed by atoms with van der Waals surface area (Å²) in [5.41, 5.74) is 3.47. The van der Waals surface area contributed by atoms with Crippen molar-refractivity contribution in [2.45, 2.75) is 6.10 Å². The van der Waals surface area contributed by atoms with Gasteiger partial charge in [-0.05, 0) is 30.4 Å². The molecule has 1 aromatic carbocycles. The number of hydrogen-bond acceptors (Lipinski definition) is 6. The lowest BCUT2D eigenvalue weighted by atomic mass is 10.1. The fourth-order valence-corrected chi connectivity index (χ4v) is 3.12. The number of benzene rings is 1. The number of methoxy groups -OCH3 is 2. The molecule has 1 N–H and O–H groups in total. The Morgan fingerprint density at radius 1 is 1.21 bits per heavy atom. The molecule has 0 amide bonds. The van der Waals surface area contributed by atoms with Crippen molar-refractivity contribution in [1.82, 2.24) is 0 Å². The Morgan fingerprint density at radius 3 is 2.50 bits per heavy atom. The van der Waals surface area contributed by atoms with Crippen molar-refractivity contribution in [3.63, 3.8) is 0 Å². The second-order valence-electron chi connectivity index (χ2n) is 5.17. The molecule has 0 aromatic heterocycles. The van der Waals surface area contributed by atoms with Gasteiger partial charge in [0.05, 0.1) is 35.5 Å². The van der Waals surface area contributed by atoms with Gasteiger partial charge in [0.25, 0.3) is 0 Å². The van der Waals surface area contributed by atoms with Gasteiger partial charge in [-0.15, -0.1) is 5.10 Å². The molecular weight excluding hydrogens is 450 g/mol. The summed E-state index contributed by atoms with van der Waals surface area (Å²) in [5, 5.41) is 5.38. The lowest BCUT2D eigenvalue weighted by molar-refractivity contribution is -0.140. The van der Waals surface area contributed by atoms with Crippen LogP contribution in [-0.4, -0.2) is 32.2 Å². The number of nitrogens with one attached hydrogen (secondary N) is 1. The molecule has 2 rings (SSSR count). The quantitative estimate of drug-likeness (QED) is 0.203. The number of nitrogens with zero attached hydrogens (tertiary/aromatic N) is 1. The first-order valence-corrected chi connectivity index (χ1v) is 9.13. The number of rotatable bonds is 6. The van der Waals surface area contributed by atoms with Gasteiger partial charge in [0.2, 0.25) is 5.76 Å². The zero-order valence-electron chi connectivity index (χ0n) is 14.6. The van der Waals surface area contributed by atoms with Crippen molar-refractivity contribution < 1.29 is 19.0 Å². The van der Waals surface area contributed by atoms with E-state index in [9.17, 15) is 4.79 Å². The van der Waals surface area contributed by atoms with E-state index in [1.165, 1.54) is 26.4 Å². The van der Waals surface area contributed by atoms with Gasteiger partial charge >= 0.3 is 5.97 Å². The minimum absolute atomic E-state index is 0.137. The molecule has 1 aliphatic carbocycles. The van der Waals surface area contributed by atoms with E-state index in [4.69, 9.17) is 55.9 Å². The highest BCUT2D eigenvalue weighted by Gasteiger charge is 2.21. The van der Waals surface area contributed by atoms with E-state index in [1.807, 2.05) is 0 Å². The molecule has 10 heteroatoms. The van der Waals surface area contributed by atoms with Gasteiger partial charge in [-0.25, -0.2) is 4.79 Å². The molecule has 1 aliphatic rings. The highest BCUT2D eigenvalue weighted by molar-refractivity contribution is 6.41. The SMILES string of the molecule is CO/C=C(/OC1C=CC(Cl)=CC1=C=NNc1c(Cl)cc(Cl)cc1Cl)C(=O)OC. The smallest absolute Gasteiger partial charge is 0.376 e. The number of hydrogen-bond donors (Lipinski definition) is 1. The summed E-state index contributed by atoms with van der Waals surface area (Å²) in [6.45, 7) is 0. The number of hydrazone groups is 1. The molecule has 0 radical (unpaired) electrons. The van der Waals surface area contributed by atoms with Gasteiger partial charge in [0, 0.05) is 15.9 Å². The number of halogens is 4. The minimum atomic E-state index is -0.718. The van der Waals surface area contributed by atoms with Crippen molar-refractivity contribution in [1.29, 1.82) is 0 Å². The zero-order valence-corrected chi connectivity index (χ0v) is 17.7. The van der Waals surface area contributed by atoms with Crippen LogP contribution in [0.1, 0.15) is 0 Å². The third kappa shape index (κ3) is 5.96. The molecule has 0 bridgehead atoms.